The van der Waals surface area contributed by atoms with E-state index in [1.807, 2.05) is 18.2 Å². The minimum atomic E-state index is -0.615. The van der Waals surface area contributed by atoms with E-state index in [9.17, 15) is 24.5 Å². The van der Waals surface area contributed by atoms with E-state index in [2.05, 4.69) is 10.6 Å². The van der Waals surface area contributed by atoms with Crippen molar-refractivity contribution in [2.75, 3.05) is 19.6 Å². The van der Waals surface area contributed by atoms with Gasteiger partial charge in [-0.05, 0) is 36.6 Å². The van der Waals surface area contributed by atoms with Gasteiger partial charge in [0.1, 0.15) is 0 Å². The highest BCUT2D eigenvalue weighted by Crippen LogP contribution is 2.26. The highest BCUT2D eigenvalue weighted by atomic mass is 35.5. The molecule has 0 saturated carbocycles. The minimum absolute atomic E-state index is 0.0286. The summed E-state index contributed by atoms with van der Waals surface area (Å²) in [4.78, 5) is 47.9. The molecule has 0 fully saturated rings. The average molecular weight is 431 g/mol. The van der Waals surface area contributed by atoms with E-state index in [1.165, 1.54) is 12.1 Å². The molecule has 0 radical (unpaired) electrons. The van der Waals surface area contributed by atoms with Crippen LogP contribution >= 0.6 is 11.6 Å². The maximum absolute atomic E-state index is 12.4. The molecule has 1 heterocycles. The Morgan fingerprint density at radius 3 is 2.50 bits per heavy atom. The van der Waals surface area contributed by atoms with Gasteiger partial charge in [-0.15, -0.1) is 0 Å². The van der Waals surface area contributed by atoms with Gasteiger partial charge in [0.05, 0.1) is 16.1 Å². The third kappa shape index (κ3) is 4.93. The van der Waals surface area contributed by atoms with Gasteiger partial charge in [0.15, 0.2) is 0 Å². The average Bonchev–Trinajstić information content (AvgIpc) is 2.95. The minimum Gasteiger partial charge on any atom is -0.338 e. The van der Waals surface area contributed by atoms with Gasteiger partial charge >= 0.3 is 6.03 Å². The Bertz CT molecular complexity index is 1010. The summed E-state index contributed by atoms with van der Waals surface area (Å²) in [5.41, 5.74) is 0.944. The SMILES string of the molecule is O=C(NCCCN1C(=O)c2ccc([N+](=O)[O-])cc2C1=O)NCCc1cccc(Cl)c1. The summed E-state index contributed by atoms with van der Waals surface area (Å²) in [6.07, 6.45) is 0.991. The number of benzene rings is 2. The zero-order valence-electron chi connectivity index (χ0n) is 15.9. The largest absolute Gasteiger partial charge is 0.338 e. The topological polar surface area (TPSA) is 122 Å². The quantitative estimate of drug-likeness (QED) is 0.288. The smallest absolute Gasteiger partial charge is 0.314 e. The second kappa shape index (κ2) is 9.36. The molecule has 9 nitrogen and oxygen atoms in total. The van der Waals surface area contributed by atoms with Crippen molar-refractivity contribution >= 4 is 35.1 Å². The predicted molar refractivity (Wildman–Crippen MR) is 110 cm³/mol. The Morgan fingerprint density at radius 1 is 1.03 bits per heavy atom. The number of urea groups is 1. The number of hydrogen-bond acceptors (Lipinski definition) is 5. The number of imide groups is 1. The van der Waals surface area contributed by atoms with E-state index in [-0.39, 0.29) is 35.9 Å². The van der Waals surface area contributed by atoms with Crippen LogP contribution in [0.1, 0.15) is 32.7 Å². The van der Waals surface area contributed by atoms with Crippen molar-refractivity contribution in [2.24, 2.45) is 0 Å². The summed E-state index contributed by atoms with van der Waals surface area (Å²) >= 11 is 5.91. The summed E-state index contributed by atoms with van der Waals surface area (Å²) in [5.74, 6) is -1.06. The fraction of sp³-hybridized carbons (Fsp3) is 0.250. The summed E-state index contributed by atoms with van der Waals surface area (Å²) in [6.45, 7) is 0.794. The number of fused-ring (bicyclic) bond motifs is 1. The Morgan fingerprint density at radius 2 is 1.77 bits per heavy atom. The van der Waals surface area contributed by atoms with Crippen LogP contribution in [0.25, 0.3) is 0 Å². The highest BCUT2D eigenvalue weighted by Gasteiger charge is 2.36. The molecule has 1 aliphatic heterocycles. The zero-order valence-corrected chi connectivity index (χ0v) is 16.6. The first-order valence-corrected chi connectivity index (χ1v) is 9.65. The number of hydrogen-bond donors (Lipinski definition) is 2. The highest BCUT2D eigenvalue weighted by molar-refractivity contribution is 6.30. The van der Waals surface area contributed by atoms with Gasteiger partial charge in [-0.25, -0.2) is 4.79 Å². The number of carbonyl (C=O) groups excluding carboxylic acids is 3. The first-order valence-electron chi connectivity index (χ1n) is 9.27. The lowest BCUT2D eigenvalue weighted by atomic mass is 10.1. The molecule has 0 aromatic heterocycles. The van der Waals surface area contributed by atoms with Crippen molar-refractivity contribution in [1.29, 1.82) is 0 Å². The fourth-order valence-corrected chi connectivity index (χ4v) is 3.32. The first-order chi connectivity index (χ1) is 14.4. The molecule has 30 heavy (non-hydrogen) atoms. The van der Waals surface area contributed by atoms with E-state index in [4.69, 9.17) is 11.6 Å². The molecule has 156 valence electrons. The van der Waals surface area contributed by atoms with E-state index in [0.717, 1.165) is 16.5 Å². The summed E-state index contributed by atoms with van der Waals surface area (Å²) in [6, 6.07) is 10.6. The summed E-state index contributed by atoms with van der Waals surface area (Å²) in [7, 11) is 0. The first kappa shape index (κ1) is 21.3. The lowest BCUT2D eigenvalue weighted by Gasteiger charge is -2.14. The second-order valence-electron chi connectivity index (χ2n) is 6.67. The van der Waals surface area contributed by atoms with Crippen molar-refractivity contribution in [3.63, 3.8) is 0 Å². The molecular formula is C20H19ClN4O5. The van der Waals surface area contributed by atoms with Crippen LogP contribution < -0.4 is 10.6 Å². The van der Waals surface area contributed by atoms with Crippen LogP contribution in [0.3, 0.4) is 0 Å². The number of nitrogens with zero attached hydrogens (tertiary/aromatic N) is 2. The molecule has 1 aliphatic rings. The van der Waals surface area contributed by atoms with Crippen molar-refractivity contribution in [2.45, 2.75) is 12.8 Å². The Hall–Kier alpha value is -3.46. The number of nitro benzene ring substituents is 1. The van der Waals surface area contributed by atoms with E-state index in [0.29, 0.717) is 24.4 Å². The molecule has 2 aromatic rings. The maximum atomic E-state index is 12.4. The Balaban J connectivity index is 1.41. The second-order valence-corrected chi connectivity index (χ2v) is 7.10. The Kier molecular flexibility index (Phi) is 6.63. The third-order valence-electron chi connectivity index (χ3n) is 4.60. The fourth-order valence-electron chi connectivity index (χ4n) is 3.11. The molecule has 0 atom stereocenters. The van der Waals surface area contributed by atoms with Gasteiger partial charge in [0.2, 0.25) is 0 Å². The molecule has 10 heteroatoms. The number of non-ortho nitro benzene ring substituents is 1. The summed E-state index contributed by atoms with van der Waals surface area (Å²) in [5, 5.41) is 16.9. The molecule has 0 spiro atoms. The van der Waals surface area contributed by atoms with Gasteiger partial charge in [0, 0.05) is 36.8 Å². The van der Waals surface area contributed by atoms with Crippen molar-refractivity contribution < 1.29 is 19.3 Å². The lowest BCUT2D eigenvalue weighted by molar-refractivity contribution is -0.384. The number of amides is 4. The zero-order chi connectivity index (χ0) is 21.7. The van der Waals surface area contributed by atoms with Crippen LogP contribution in [0, 0.1) is 10.1 Å². The molecule has 4 amide bonds. The van der Waals surface area contributed by atoms with Crippen LogP contribution in [0.15, 0.2) is 42.5 Å². The molecule has 0 saturated heterocycles. The number of rotatable bonds is 8. The molecular weight excluding hydrogens is 412 g/mol. The van der Waals surface area contributed by atoms with Crippen LogP contribution in [-0.2, 0) is 6.42 Å². The number of halogens is 1. The van der Waals surface area contributed by atoms with Crippen LogP contribution in [-0.4, -0.2) is 47.3 Å². The molecule has 2 N–H and O–H groups in total. The Labute approximate surface area is 177 Å². The van der Waals surface area contributed by atoms with E-state index >= 15 is 0 Å². The van der Waals surface area contributed by atoms with E-state index < -0.39 is 16.7 Å². The van der Waals surface area contributed by atoms with Crippen molar-refractivity contribution in [3.8, 4) is 0 Å². The molecule has 2 aromatic carbocycles. The molecule has 3 rings (SSSR count). The predicted octanol–water partition coefficient (Wildman–Crippen LogP) is 2.78. The van der Waals surface area contributed by atoms with Crippen LogP contribution in [0.4, 0.5) is 10.5 Å². The molecule has 0 bridgehead atoms. The molecule has 0 aliphatic carbocycles. The van der Waals surface area contributed by atoms with Crippen molar-refractivity contribution in [1.82, 2.24) is 15.5 Å². The normalized spacial score (nSPS) is 12.6. The van der Waals surface area contributed by atoms with Gasteiger partial charge in [-0.1, -0.05) is 23.7 Å². The molecule has 0 unspecified atom stereocenters. The van der Waals surface area contributed by atoms with Crippen LogP contribution in [0.5, 0.6) is 0 Å². The van der Waals surface area contributed by atoms with E-state index in [1.54, 1.807) is 6.07 Å². The van der Waals surface area contributed by atoms with Gasteiger partial charge in [-0.3, -0.25) is 24.6 Å². The number of nitro groups is 1. The van der Waals surface area contributed by atoms with Gasteiger partial charge in [0.25, 0.3) is 17.5 Å². The van der Waals surface area contributed by atoms with Crippen molar-refractivity contribution in [3.05, 3.63) is 74.3 Å². The van der Waals surface area contributed by atoms with Gasteiger partial charge in [-0.2, -0.15) is 0 Å². The number of carbonyl (C=O) groups is 3. The third-order valence-corrected chi connectivity index (χ3v) is 4.83. The van der Waals surface area contributed by atoms with Gasteiger partial charge < -0.3 is 10.6 Å². The summed E-state index contributed by atoms with van der Waals surface area (Å²) < 4.78 is 0. The maximum Gasteiger partial charge on any atom is 0.314 e. The monoisotopic (exact) mass is 430 g/mol. The number of nitrogens with one attached hydrogen (secondary N) is 2. The standard InChI is InChI=1S/C20H19ClN4O5/c21-14-4-1-3-13(11-14)7-9-23-20(28)22-8-2-10-24-18(26)16-6-5-15(25(29)30)12-17(16)19(24)27/h1,3-6,11-12H,2,7-10H2,(H2,22,23,28). The lowest BCUT2D eigenvalue weighted by Crippen LogP contribution is -2.38. The van der Waals surface area contributed by atoms with Crippen LogP contribution in [0.2, 0.25) is 5.02 Å².